The van der Waals surface area contributed by atoms with E-state index in [2.05, 4.69) is 15.8 Å². The van der Waals surface area contributed by atoms with Crippen LogP contribution in [0, 0.1) is 11.8 Å². The number of rotatable bonds is 8. The summed E-state index contributed by atoms with van der Waals surface area (Å²) in [5.41, 5.74) is 6.40. The number of hydrogen-bond donors (Lipinski definition) is 3. The number of carbonyl (C=O) groups is 3. The highest BCUT2D eigenvalue weighted by molar-refractivity contribution is 5.85. The zero-order valence-electron chi connectivity index (χ0n) is 16.2. The molecule has 0 aromatic rings. The molecule has 148 valence electrons. The number of ether oxygens (including phenoxy) is 1. The highest BCUT2D eigenvalue weighted by Gasteiger charge is 2.25. The Hall–Kier alpha value is -2.12. The molecule has 0 radical (unpaired) electrons. The van der Waals surface area contributed by atoms with Crippen LogP contribution in [0.2, 0.25) is 0 Å². The van der Waals surface area contributed by atoms with E-state index in [1.54, 1.807) is 20.8 Å². The molecule has 1 saturated carbocycles. The summed E-state index contributed by atoms with van der Waals surface area (Å²) >= 11 is 0. The molecule has 0 heterocycles. The molecule has 4 N–H and O–H groups in total. The molecule has 0 spiro atoms. The van der Waals surface area contributed by atoms with Gasteiger partial charge in [0.25, 0.3) is 0 Å². The molecular weight excluding hydrogens is 336 g/mol. The van der Waals surface area contributed by atoms with Crippen molar-refractivity contribution < 1.29 is 19.1 Å². The van der Waals surface area contributed by atoms with Gasteiger partial charge in [-0.1, -0.05) is 32.6 Å². The van der Waals surface area contributed by atoms with Crippen LogP contribution in [0.15, 0.2) is 5.10 Å². The van der Waals surface area contributed by atoms with Gasteiger partial charge in [0.15, 0.2) is 0 Å². The maximum absolute atomic E-state index is 12.5. The largest absolute Gasteiger partial charge is 0.460 e. The summed E-state index contributed by atoms with van der Waals surface area (Å²) in [5.74, 6) is -0.172. The number of hydrazone groups is 1. The fourth-order valence-electron chi connectivity index (χ4n) is 3.07. The first-order valence-corrected chi connectivity index (χ1v) is 9.17. The van der Waals surface area contributed by atoms with Crippen LogP contribution >= 0.6 is 0 Å². The lowest BCUT2D eigenvalue weighted by Gasteiger charge is -2.22. The molecule has 1 rings (SSSR count). The smallest absolute Gasteiger partial charge is 0.332 e. The average molecular weight is 368 g/mol. The van der Waals surface area contributed by atoms with Gasteiger partial charge < -0.3 is 15.8 Å². The summed E-state index contributed by atoms with van der Waals surface area (Å²) in [7, 11) is 0. The second kappa shape index (κ2) is 10.1. The predicted molar refractivity (Wildman–Crippen MR) is 99.3 cm³/mol. The van der Waals surface area contributed by atoms with Crippen molar-refractivity contribution in [2.24, 2.45) is 22.7 Å². The molecule has 1 aliphatic rings. The summed E-state index contributed by atoms with van der Waals surface area (Å²) in [4.78, 5) is 35.2. The fraction of sp³-hybridized carbons (Fsp3) is 0.778. The van der Waals surface area contributed by atoms with Crippen LogP contribution in [-0.4, -0.2) is 35.8 Å². The monoisotopic (exact) mass is 368 g/mol. The Labute approximate surface area is 155 Å². The third-order valence-electron chi connectivity index (χ3n) is 4.17. The minimum Gasteiger partial charge on any atom is -0.460 e. The van der Waals surface area contributed by atoms with E-state index in [4.69, 9.17) is 10.5 Å². The molecule has 1 fully saturated rings. The topological polar surface area (TPSA) is 123 Å². The molecule has 3 amide bonds. The number of nitrogens with one attached hydrogen (secondary N) is 2. The summed E-state index contributed by atoms with van der Waals surface area (Å²) in [6.07, 6.45) is 6.84. The van der Waals surface area contributed by atoms with E-state index in [1.165, 1.54) is 31.9 Å². The summed E-state index contributed by atoms with van der Waals surface area (Å²) in [5, 5.41) is 6.46. The maximum atomic E-state index is 12.5. The molecule has 2 atom stereocenters. The SMILES string of the molecule is C[C@@H](CC1CCCC1)C(=O)N[C@H](/C=N/NC(N)=O)CC(=O)OC(C)(C)C. The second-order valence-electron chi connectivity index (χ2n) is 7.95. The van der Waals surface area contributed by atoms with Crippen molar-refractivity contribution in [2.75, 3.05) is 0 Å². The third-order valence-corrected chi connectivity index (χ3v) is 4.17. The van der Waals surface area contributed by atoms with Crippen LogP contribution in [0.1, 0.15) is 66.2 Å². The lowest BCUT2D eigenvalue weighted by molar-refractivity contribution is -0.155. The van der Waals surface area contributed by atoms with Crippen LogP contribution in [-0.2, 0) is 14.3 Å². The first-order chi connectivity index (χ1) is 12.1. The number of primary amides is 1. The van der Waals surface area contributed by atoms with Gasteiger partial charge in [0.1, 0.15) is 5.60 Å². The second-order valence-corrected chi connectivity index (χ2v) is 7.95. The summed E-state index contributed by atoms with van der Waals surface area (Å²) in [6.45, 7) is 7.19. The van der Waals surface area contributed by atoms with Crippen LogP contribution in [0.5, 0.6) is 0 Å². The first-order valence-electron chi connectivity index (χ1n) is 9.17. The molecular formula is C18H32N4O4. The maximum Gasteiger partial charge on any atom is 0.332 e. The van der Waals surface area contributed by atoms with Gasteiger partial charge >= 0.3 is 12.0 Å². The number of nitrogens with zero attached hydrogens (tertiary/aromatic N) is 1. The lowest BCUT2D eigenvalue weighted by Crippen LogP contribution is -2.42. The standard InChI is InChI=1S/C18H32N4O4/c1-12(9-13-7-5-6-8-13)16(24)21-14(11-20-22-17(19)25)10-15(23)26-18(2,3)4/h11-14H,5-10H2,1-4H3,(H,21,24)(H3,19,22,25)/b20-11+/t12-,14-/m0/s1. The van der Waals surface area contributed by atoms with Crippen LogP contribution in [0.25, 0.3) is 0 Å². The molecule has 0 aliphatic heterocycles. The van der Waals surface area contributed by atoms with E-state index in [-0.39, 0.29) is 18.2 Å². The molecule has 1 aliphatic carbocycles. The van der Waals surface area contributed by atoms with Gasteiger partial charge in [-0.3, -0.25) is 9.59 Å². The van der Waals surface area contributed by atoms with Crippen molar-refractivity contribution >= 4 is 24.1 Å². The minimum absolute atomic E-state index is 0.0803. The van der Waals surface area contributed by atoms with Gasteiger partial charge in [0.2, 0.25) is 5.91 Å². The van der Waals surface area contributed by atoms with Gasteiger partial charge in [0.05, 0.1) is 12.5 Å². The number of hydrogen-bond acceptors (Lipinski definition) is 5. The average Bonchev–Trinajstić information content (AvgIpc) is 2.97. The molecule has 26 heavy (non-hydrogen) atoms. The van der Waals surface area contributed by atoms with E-state index in [1.807, 2.05) is 6.92 Å². The van der Waals surface area contributed by atoms with Crippen molar-refractivity contribution in [1.82, 2.24) is 10.7 Å². The molecule has 8 nitrogen and oxygen atoms in total. The Morgan fingerprint density at radius 3 is 2.42 bits per heavy atom. The first kappa shape index (κ1) is 21.9. The molecule has 8 heteroatoms. The van der Waals surface area contributed by atoms with Crippen molar-refractivity contribution in [3.8, 4) is 0 Å². The van der Waals surface area contributed by atoms with Crippen molar-refractivity contribution in [3.05, 3.63) is 0 Å². The Morgan fingerprint density at radius 1 is 1.27 bits per heavy atom. The predicted octanol–water partition coefficient (Wildman–Crippen LogP) is 2.07. The Morgan fingerprint density at radius 2 is 1.88 bits per heavy atom. The quantitative estimate of drug-likeness (QED) is 0.345. The van der Waals surface area contributed by atoms with E-state index >= 15 is 0 Å². The zero-order valence-corrected chi connectivity index (χ0v) is 16.2. The van der Waals surface area contributed by atoms with Gasteiger partial charge in [-0.25, -0.2) is 10.2 Å². The van der Waals surface area contributed by atoms with Crippen molar-refractivity contribution in [1.29, 1.82) is 0 Å². The minimum atomic E-state index is -0.821. The lowest BCUT2D eigenvalue weighted by atomic mass is 9.94. The van der Waals surface area contributed by atoms with E-state index in [0.717, 1.165) is 6.42 Å². The van der Waals surface area contributed by atoms with Gasteiger partial charge in [0, 0.05) is 12.1 Å². The number of amides is 3. The summed E-state index contributed by atoms with van der Waals surface area (Å²) in [6, 6.07) is -1.51. The van der Waals surface area contributed by atoms with Crippen molar-refractivity contribution in [2.45, 2.75) is 77.9 Å². The van der Waals surface area contributed by atoms with Crippen LogP contribution < -0.4 is 16.5 Å². The van der Waals surface area contributed by atoms with Gasteiger partial charge in [-0.15, -0.1) is 0 Å². The van der Waals surface area contributed by atoms with E-state index in [9.17, 15) is 14.4 Å². The molecule has 0 unspecified atom stereocenters. The van der Waals surface area contributed by atoms with Crippen molar-refractivity contribution in [3.63, 3.8) is 0 Å². The molecule has 0 saturated heterocycles. The summed E-state index contributed by atoms with van der Waals surface area (Å²) < 4.78 is 5.28. The molecule has 0 aromatic carbocycles. The van der Waals surface area contributed by atoms with E-state index in [0.29, 0.717) is 5.92 Å². The number of nitrogens with two attached hydrogens (primary N) is 1. The Balaban J connectivity index is 2.63. The highest BCUT2D eigenvalue weighted by atomic mass is 16.6. The third kappa shape index (κ3) is 9.39. The van der Waals surface area contributed by atoms with E-state index < -0.39 is 23.6 Å². The van der Waals surface area contributed by atoms with Crippen LogP contribution in [0.4, 0.5) is 4.79 Å². The van der Waals surface area contributed by atoms with Crippen LogP contribution in [0.3, 0.4) is 0 Å². The number of carbonyl (C=O) groups excluding carboxylic acids is 3. The molecule has 0 bridgehead atoms. The zero-order chi connectivity index (χ0) is 19.7. The fourth-order valence-corrected chi connectivity index (χ4v) is 3.07. The van der Waals surface area contributed by atoms with Gasteiger partial charge in [-0.05, 0) is 33.1 Å². The van der Waals surface area contributed by atoms with Gasteiger partial charge in [-0.2, -0.15) is 5.10 Å². The normalized spacial score (nSPS) is 17.7. The molecule has 0 aromatic heterocycles. The number of urea groups is 1. The number of esters is 1. The highest BCUT2D eigenvalue weighted by Crippen LogP contribution is 2.30. The Kier molecular flexibility index (Phi) is 8.54. The Bertz CT molecular complexity index is 522.